The molecule has 3 aromatic carbocycles. The van der Waals surface area contributed by atoms with Crippen LogP contribution < -0.4 is 15.5 Å². The number of nitrogens with zero attached hydrogens (tertiary/aromatic N) is 1. The average molecular weight is 415 g/mol. The molecule has 0 aliphatic heterocycles. The van der Waals surface area contributed by atoms with Gasteiger partial charge >= 0.3 is 11.8 Å². The number of hydrogen-bond acceptors (Lipinski definition) is 4. The lowest BCUT2D eigenvalue weighted by Crippen LogP contribution is -2.32. The second-order valence-electron chi connectivity index (χ2n) is 7.31. The van der Waals surface area contributed by atoms with E-state index in [1.54, 1.807) is 6.07 Å². The molecule has 0 atom stereocenters. The zero-order chi connectivity index (χ0) is 22.2. The van der Waals surface area contributed by atoms with Gasteiger partial charge in [0.2, 0.25) is 0 Å². The minimum absolute atomic E-state index is 0.485. The summed E-state index contributed by atoms with van der Waals surface area (Å²) in [6.07, 6.45) is 1.46. The highest BCUT2D eigenvalue weighted by Gasteiger charge is 2.13. The molecule has 0 saturated carbocycles. The Morgan fingerprint density at radius 2 is 1.55 bits per heavy atom. The SMILES string of the molecule is Cc1ccc(COc2ccc(/C=N/NC(=O)C(=O)Nc3ccc(C)cc3C)cc2)cc1. The fourth-order valence-electron chi connectivity index (χ4n) is 2.85. The second kappa shape index (κ2) is 10.2. The third kappa shape index (κ3) is 6.54. The molecule has 0 aromatic heterocycles. The van der Waals surface area contributed by atoms with Crippen molar-refractivity contribution >= 4 is 23.7 Å². The molecule has 6 heteroatoms. The van der Waals surface area contributed by atoms with E-state index in [1.165, 1.54) is 11.8 Å². The van der Waals surface area contributed by atoms with Crippen molar-refractivity contribution in [1.82, 2.24) is 5.43 Å². The van der Waals surface area contributed by atoms with Crippen LogP contribution in [0, 0.1) is 20.8 Å². The number of hydrazone groups is 1. The predicted octanol–water partition coefficient (Wildman–Crippen LogP) is 4.28. The molecule has 0 fully saturated rings. The van der Waals surface area contributed by atoms with Gasteiger partial charge in [-0.15, -0.1) is 0 Å². The van der Waals surface area contributed by atoms with E-state index >= 15 is 0 Å². The smallest absolute Gasteiger partial charge is 0.329 e. The van der Waals surface area contributed by atoms with Gasteiger partial charge < -0.3 is 10.1 Å². The van der Waals surface area contributed by atoms with Gasteiger partial charge in [-0.3, -0.25) is 9.59 Å². The van der Waals surface area contributed by atoms with E-state index in [9.17, 15) is 9.59 Å². The summed E-state index contributed by atoms with van der Waals surface area (Å²) in [4.78, 5) is 24.0. The molecule has 3 rings (SSSR count). The molecule has 6 nitrogen and oxygen atoms in total. The van der Waals surface area contributed by atoms with Crippen molar-refractivity contribution in [3.63, 3.8) is 0 Å². The second-order valence-corrected chi connectivity index (χ2v) is 7.31. The summed E-state index contributed by atoms with van der Waals surface area (Å²) in [7, 11) is 0. The molecule has 0 aliphatic carbocycles. The maximum absolute atomic E-state index is 12.0. The lowest BCUT2D eigenvalue weighted by molar-refractivity contribution is -0.136. The quantitative estimate of drug-likeness (QED) is 0.358. The highest BCUT2D eigenvalue weighted by molar-refractivity contribution is 6.39. The number of anilines is 1. The largest absolute Gasteiger partial charge is 0.489 e. The Labute approximate surface area is 182 Å². The third-order valence-electron chi connectivity index (χ3n) is 4.62. The number of carbonyl (C=O) groups excluding carboxylic acids is 2. The van der Waals surface area contributed by atoms with Gasteiger partial charge in [0.15, 0.2) is 0 Å². The number of aryl methyl sites for hydroxylation is 3. The van der Waals surface area contributed by atoms with E-state index in [4.69, 9.17) is 4.74 Å². The summed E-state index contributed by atoms with van der Waals surface area (Å²) in [5, 5.41) is 6.43. The highest BCUT2D eigenvalue weighted by Crippen LogP contribution is 2.16. The minimum Gasteiger partial charge on any atom is -0.489 e. The Morgan fingerprint density at radius 3 is 2.23 bits per heavy atom. The molecule has 0 aliphatic rings. The molecule has 0 heterocycles. The normalized spacial score (nSPS) is 10.7. The van der Waals surface area contributed by atoms with Crippen molar-refractivity contribution < 1.29 is 14.3 Å². The van der Waals surface area contributed by atoms with Crippen molar-refractivity contribution in [2.45, 2.75) is 27.4 Å². The molecular formula is C25H25N3O3. The summed E-state index contributed by atoms with van der Waals surface area (Å²) >= 11 is 0. The number of amides is 2. The summed E-state index contributed by atoms with van der Waals surface area (Å²) in [6.45, 7) is 6.36. The van der Waals surface area contributed by atoms with Crippen LogP contribution in [-0.2, 0) is 16.2 Å². The molecule has 0 bridgehead atoms. The lowest BCUT2D eigenvalue weighted by atomic mass is 10.1. The maximum atomic E-state index is 12.0. The molecule has 3 aromatic rings. The zero-order valence-electron chi connectivity index (χ0n) is 17.8. The minimum atomic E-state index is -0.839. The van der Waals surface area contributed by atoms with E-state index in [-0.39, 0.29) is 0 Å². The van der Waals surface area contributed by atoms with Crippen LogP contribution >= 0.6 is 0 Å². The highest BCUT2D eigenvalue weighted by atomic mass is 16.5. The van der Waals surface area contributed by atoms with Crippen LogP contribution in [0.1, 0.15) is 27.8 Å². The Balaban J connectivity index is 1.48. The van der Waals surface area contributed by atoms with Gasteiger partial charge in [-0.25, -0.2) is 5.43 Å². The lowest BCUT2D eigenvalue weighted by Gasteiger charge is -2.08. The summed E-state index contributed by atoms with van der Waals surface area (Å²) < 4.78 is 5.77. The van der Waals surface area contributed by atoms with Crippen molar-refractivity contribution in [3.8, 4) is 5.75 Å². The monoisotopic (exact) mass is 415 g/mol. The van der Waals surface area contributed by atoms with Gasteiger partial charge in [0, 0.05) is 5.69 Å². The van der Waals surface area contributed by atoms with Crippen LogP contribution in [0.15, 0.2) is 71.8 Å². The van der Waals surface area contributed by atoms with Gasteiger partial charge in [-0.05, 0) is 67.8 Å². The van der Waals surface area contributed by atoms with Crippen LogP contribution in [0.2, 0.25) is 0 Å². The van der Waals surface area contributed by atoms with Crippen molar-refractivity contribution in [3.05, 3.63) is 94.5 Å². The first-order valence-electron chi connectivity index (χ1n) is 9.91. The topological polar surface area (TPSA) is 79.8 Å². The number of rotatable bonds is 6. The van der Waals surface area contributed by atoms with E-state index in [1.807, 2.05) is 69.3 Å². The number of ether oxygens (including phenoxy) is 1. The number of hydrogen-bond donors (Lipinski definition) is 2. The summed E-state index contributed by atoms with van der Waals surface area (Å²) in [5.41, 5.74) is 7.86. The Hall–Kier alpha value is -3.93. The average Bonchev–Trinajstić information content (AvgIpc) is 2.76. The van der Waals surface area contributed by atoms with Crippen LogP contribution in [0.3, 0.4) is 0 Å². The van der Waals surface area contributed by atoms with Gasteiger partial charge in [0.1, 0.15) is 12.4 Å². The van der Waals surface area contributed by atoms with E-state index in [0.29, 0.717) is 12.3 Å². The van der Waals surface area contributed by atoms with Gasteiger partial charge in [-0.2, -0.15) is 5.10 Å². The summed E-state index contributed by atoms with van der Waals surface area (Å²) in [5.74, 6) is -0.882. The fraction of sp³-hybridized carbons (Fsp3) is 0.160. The molecule has 0 unspecified atom stereocenters. The molecule has 0 radical (unpaired) electrons. The zero-order valence-corrected chi connectivity index (χ0v) is 17.8. The molecule has 31 heavy (non-hydrogen) atoms. The van der Waals surface area contributed by atoms with Gasteiger partial charge in [0.25, 0.3) is 0 Å². The maximum Gasteiger partial charge on any atom is 0.329 e. The van der Waals surface area contributed by atoms with Crippen molar-refractivity contribution in [1.29, 1.82) is 0 Å². The summed E-state index contributed by atoms with van der Waals surface area (Å²) in [6, 6.07) is 21.0. The number of nitrogens with one attached hydrogen (secondary N) is 2. The Bertz CT molecular complexity index is 1090. The first-order valence-corrected chi connectivity index (χ1v) is 9.91. The molecule has 2 amide bonds. The Kier molecular flexibility index (Phi) is 7.17. The van der Waals surface area contributed by atoms with Crippen LogP contribution in [-0.4, -0.2) is 18.0 Å². The van der Waals surface area contributed by atoms with Gasteiger partial charge in [-0.1, -0.05) is 47.5 Å². The first kappa shape index (κ1) is 21.8. The molecule has 2 N–H and O–H groups in total. The number of benzene rings is 3. The van der Waals surface area contributed by atoms with Crippen molar-refractivity contribution in [2.75, 3.05) is 5.32 Å². The standard InChI is InChI=1S/C25H25N3O3/c1-17-4-7-21(8-5-17)16-31-22-11-9-20(10-12-22)15-26-28-25(30)24(29)27-23-13-6-18(2)14-19(23)3/h4-15H,16H2,1-3H3,(H,27,29)(H,28,30)/b26-15+. The first-order chi connectivity index (χ1) is 14.9. The fourth-order valence-corrected chi connectivity index (χ4v) is 2.85. The van der Waals surface area contributed by atoms with E-state index in [0.717, 1.165) is 28.0 Å². The molecule has 158 valence electrons. The van der Waals surface area contributed by atoms with Crippen LogP contribution in [0.25, 0.3) is 0 Å². The van der Waals surface area contributed by atoms with Crippen LogP contribution in [0.4, 0.5) is 5.69 Å². The Morgan fingerprint density at radius 1 is 0.871 bits per heavy atom. The molecule has 0 spiro atoms. The third-order valence-corrected chi connectivity index (χ3v) is 4.62. The van der Waals surface area contributed by atoms with E-state index < -0.39 is 11.8 Å². The van der Waals surface area contributed by atoms with Crippen molar-refractivity contribution in [2.24, 2.45) is 5.10 Å². The molecule has 0 saturated heterocycles. The predicted molar refractivity (Wildman–Crippen MR) is 122 cm³/mol. The van der Waals surface area contributed by atoms with Gasteiger partial charge in [0.05, 0.1) is 6.21 Å². The number of carbonyl (C=O) groups is 2. The van der Waals surface area contributed by atoms with Crippen LogP contribution in [0.5, 0.6) is 5.75 Å². The van der Waals surface area contributed by atoms with E-state index in [2.05, 4.69) is 28.0 Å². The molecular weight excluding hydrogens is 390 g/mol.